The van der Waals surface area contributed by atoms with Gasteiger partial charge in [0.1, 0.15) is 11.6 Å². The molecule has 3 aliphatic rings. The standard InChI is InChI=1S/C16H19FN2O2S/c17-12-5-10-7-20-9-21-15(10)11(6-12)8-22-16-18-13-3-1-2-4-14(13)19-16/h5-6,13-14H,1-4,7-9H2,(H,18,19)/t13-,14-/m1/s1. The lowest BCUT2D eigenvalue weighted by molar-refractivity contribution is -0.0171. The van der Waals surface area contributed by atoms with E-state index in [1.807, 2.05) is 0 Å². The minimum atomic E-state index is -0.238. The number of hydrogen-bond donors (Lipinski definition) is 1. The molecule has 1 aromatic rings. The number of fused-ring (bicyclic) bond motifs is 2. The second-order valence-electron chi connectivity index (χ2n) is 5.99. The number of rotatable bonds is 2. The van der Waals surface area contributed by atoms with Crippen molar-refractivity contribution in [3.63, 3.8) is 0 Å². The van der Waals surface area contributed by atoms with Gasteiger partial charge < -0.3 is 14.8 Å². The van der Waals surface area contributed by atoms with Crippen molar-refractivity contribution in [3.05, 3.63) is 29.1 Å². The first-order valence-corrected chi connectivity index (χ1v) is 8.77. The van der Waals surface area contributed by atoms with E-state index in [0.717, 1.165) is 22.0 Å². The van der Waals surface area contributed by atoms with E-state index < -0.39 is 0 Å². The molecule has 1 saturated carbocycles. The minimum absolute atomic E-state index is 0.236. The number of halogens is 1. The van der Waals surface area contributed by atoms with Gasteiger partial charge in [-0.2, -0.15) is 0 Å². The number of nitrogens with one attached hydrogen (secondary N) is 1. The lowest BCUT2D eigenvalue weighted by atomic mass is 9.92. The molecule has 22 heavy (non-hydrogen) atoms. The van der Waals surface area contributed by atoms with Gasteiger partial charge in [-0.25, -0.2) is 4.39 Å². The predicted molar refractivity (Wildman–Crippen MR) is 84.6 cm³/mol. The van der Waals surface area contributed by atoms with E-state index >= 15 is 0 Å². The van der Waals surface area contributed by atoms with Gasteiger partial charge in [0.05, 0.1) is 18.7 Å². The summed E-state index contributed by atoms with van der Waals surface area (Å²) in [4.78, 5) is 4.77. The van der Waals surface area contributed by atoms with Gasteiger partial charge in [-0.15, -0.1) is 0 Å². The number of aliphatic imine (C=N–C) groups is 1. The van der Waals surface area contributed by atoms with Crippen LogP contribution in [0, 0.1) is 5.82 Å². The van der Waals surface area contributed by atoms with Gasteiger partial charge in [-0.3, -0.25) is 4.99 Å². The summed E-state index contributed by atoms with van der Waals surface area (Å²) in [6.45, 7) is 0.647. The average molecular weight is 322 g/mol. The molecular formula is C16H19FN2O2S. The molecule has 0 amide bonds. The Bertz CT molecular complexity index is 608. The van der Waals surface area contributed by atoms with Crippen LogP contribution in [0.3, 0.4) is 0 Å². The quantitative estimate of drug-likeness (QED) is 0.908. The van der Waals surface area contributed by atoms with Gasteiger partial charge in [0, 0.05) is 16.9 Å². The van der Waals surface area contributed by atoms with Crippen molar-refractivity contribution in [1.82, 2.24) is 5.32 Å². The summed E-state index contributed by atoms with van der Waals surface area (Å²) in [6, 6.07) is 3.98. The monoisotopic (exact) mass is 322 g/mol. The number of ether oxygens (including phenoxy) is 2. The van der Waals surface area contributed by atoms with Crippen LogP contribution in [-0.4, -0.2) is 24.0 Å². The van der Waals surface area contributed by atoms with E-state index in [4.69, 9.17) is 14.5 Å². The minimum Gasteiger partial charge on any atom is -0.467 e. The van der Waals surface area contributed by atoms with Crippen LogP contribution in [-0.2, 0) is 17.1 Å². The molecule has 2 heterocycles. The van der Waals surface area contributed by atoms with Crippen LogP contribution in [0.15, 0.2) is 17.1 Å². The van der Waals surface area contributed by atoms with Crippen molar-refractivity contribution < 1.29 is 13.9 Å². The van der Waals surface area contributed by atoms with Crippen LogP contribution in [0.25, 0.3) is 0 Å². The first-order valence-electron chi connectivity index (χ1n) is 7.78. The zero-order valence-corrected chi connectivity index (χ0v) is 13.1. The summed E-state index contributed by atoms with van der Waals surface area (Å²) in [6.07, 6.45) is 4.94. The number of benzene rings is 1. The Kier molecular flexibility index (Phi) is 3.96. The van der Waals surface area contributed by atoms with Crippen LogP contribution in [0.2, 0.25) is 0 Å². The first-order chi connectivity index (χ1) is 10.8. The fourth-order valence-corrected chi connectivity index (χ4v) is 4.32. The molecule has 0 bridgehead atoms. The molecule has 0 unspecified atom stereocenters. The highest BCUT2D eigenvalue weighted by Crippen LogP contribution is 2.33. The van der Waals surface area contributed by atoms with Crippen molar-refractivity contribution in [2.45, 2.75) is 50.1 Å². The largest absolute Gasteiger partial charge is 0.467 e. The van der Waals surface area contributed by atoms with Crippen LogP contribution < -0.4 is 10.1 Å². The van der Waals surface area contributed by atoms with Crippen LogP contribution in [0.4, 0.5) is 4.39 Å². The molecule has 6 heteroatoms. The second-order valence-corrected chi connectivity index (χ2v) is 6.95. The van der Waals surface area contributed by atoms with E-state index in [2.05, 4.69) is 5.32 Å². The number of thioether (sulfide) groups is 1. The number of amidine groups is 1. The highest BCUT2D eigenvalue weighted by molar-refractivity contribution is 8.13. The molecule has 1 aliphatic carbocycles. The van der Waals surface area contributed by atoms with Crippen molar-refractivity contribution in [2.75, 3.05) is 6.79 Å². The van der Waals surface area contributed by atoms with Crippen molar-refractivity contribution in [1.29, 1.82) is 0 Å². The number of nitrogens with zero attached hydrogens (tertiary/aromatic N) is 1. The van der Waals surface area contributed by atoms with Crippen molar-refractivity contribution in [3.8, 4) is 5.75 Å². The molecule has 118 valence electrons. The van der Waals surface area contributed by atoms with Gasteiger partial charge in [0.15, 0.2) is 12.0 Å². The van der Waals surface area contributed by atoms with Crippen molar-refractivity contribution >= 4 is 16.9 Å². The van der Waals surface area contributed by atoms with E-state index in [1.165, 1.54) is 31.7 Å². The average Bonchev–Trinajstić information content (AvgIpc) is 2.95. The summed E-state index contributed by atoms with van der Waals surface area (Å²) in [7, 11) is 0. The van der Waals surface area contributed by atoms with E-state index in [-0.39, 0.29) is 12.6 Å². The Morgan fingerprint density at radius 3 is 3.14 bits per heavy atom. The summed E-state index contributed by atoms with van der Waals surface area (Å²) >= 11 is 1.64. The summed E-state index contributed by atoms with van der Waals surface area (Å²) in [5.74, 6) is 1.19. The Morgan fingerprint density at radius 2 is 2.23 bits per heavy atom. The molecule has 1 aromatic carbocycles. The normalized spacial score (nSPS) is 26.5. The molecule has 2 aliphatic heterocycles. The molecule has 4 rings (SSSR count). The maximum absolute atomic E-state index is 13.7. The zero-order chi connectivity index (χ0) is 14.9. The molecule has 0 radical (unpaired) electrons. The van der Waals surface area contributed by atoms with Gasteiger partial charge in [-0.1, -0.05) is 24.6 Å². The van der Waals surface area contributed by atoms with Gasteiger partial charge in [0.2, 0.25) is 0 Å². The smallest absolute Gasteiger partial charge is 0.189 e. The van der Waals surface area contributed by atoms with E-state index in [1.54, 1.807) is 17.8 Å². The van der Waals surface area contributed by atoms with Crippen LogP contribution >= 0.6 is 11.8 Å². The Labute approximate surface area is 133 Å². The highest BCUT2D eigenvalue weighted by Gasteiger charge is 2.31. The number of hydrogen-bond acceptors (Lipinski definition) is 5. The lowest BCUT2D eigenvalue weighted by Crippen LogP contribution is -2.36. The van der Waals surface area contributed by atoms with E-state index in [0.29, 0.717) is 24.4 Å². The van der Waals surface area contributed by atoms with Crippen molar-refractivity contribution in [2.24, 2.45) is 4.99 Å². The molecule has 1 N–H and O–H groups in total. The Hall–Kier alpha value is -1.27. The molecule has 2 atom stereocenters. The molecule has 4 nitrogen and oxygen atoms in total. The first kappa shape index (κ1) is 14.3. The van der Waals surface area contributed by atoms with Crippen LogP contribution in [0.5, 0.6) is 5.75 Å². The predicted octanol–water partition coefficient (Wildman–Crippen LogP) is 3.20. The third-order valence-electron chi connectivity index (χ3n) is 4.44. The Morgan fingerprint density at radius 1 is 1.32 bits per heavy atom. The molecule has 0 aromatic heterocycles. The zero-order valence-electron chi connectivity index (χ0n) is 12.3. The summed E-state index contributed by atoms with van der Waals surface area (Å²) in [5.41, 5.74) is 1.67. The lowest BCUT2D eigenvalue weighted by Gasteiger charge is -2.23. The Balaban J connectivity index is 1.47. The molecular weight excluding hydrogens is 303 g/mol. The highest BCUT2D eigenvalue weighted by atomic mass is 32.2. The SMILES string of the molecule is Fc1cc2c(c(CSC3=N[C@@H]4CCCC[C@H]4N3)c1)OCOC2. The van der Waals surface area contributed by atoms with Gasteiger partial charge >= 0.3 is 0 Å². The van der Waals surface area contributed by atoms with E-state index in [9.17, 15) is 4.39 Å². The molecule has 0 spiro atoms. The maximum atomic E-state index is 13.7. The maximum Gasteiger partial charge on any atom is 0.189 e. The van der Waals surface area contributed by atoms with Gasteiger partial charge in [-0.05, 0) is 25.0 Å². The second kappa shape index (κ2) is 6.08. The van der Waals surface area contributed by atoms with Gasteiger partial charge in [0.25, 0.3) is 0 Å². The van der Waals surface area contributed by atoms with Crippen LogP contribution in [0.1, 0.15) is 36.8 Å². The molecule has 1 fully saturated rings. The molecule has 0 saturated heterocycles. The summed E-state index contributed by atoms with van der Waals surface area (Å²) in [5, 5.41) is 4.50. The third kappa shape index (κ3) is 2.82. The fraction of sp³-hybridized carbons (Fsp3) is 0.562. The topological polar surface area (TPSA) is 42.9 Å². The fourth-order valence-electron chi connectivity index (χ4n) is 3.37. The summed E-state index contributed by atoms with van der Waals surface area (Å²) < 4.78 is 24.5. The third-order valence-corrected chi connectivity index (χ3v) is 5.39.